The number of unbranched alkanes of at least 4 members (excludes halogenated alkanes) is 1. The molecule has 0 spiro atoms. The lowest BCUT2D eigenvalue weighted by Gasteiger charge is -2.08. The first-order chi connectivity index (χ1) is 14.9. The fourth-order valence-corrected chi connectivity index (χ4v) is 3.62. The van der Waals surface area contributed by atoms with Gasteiger partial charge in [-0.1, -0.05) is 48.7 Å². The van der Waals surface area contributed by atoms with Crippen molar-refractivity contribution < 1.29 is 4.79 Å². The minimum absolute atomic E-state index is 0.268. The third-order valence-corrected chi connectivity index (χ3v) is 5.88. The van der Waals surface area contributed by atoms with Crippen LogP contribution in [0.4, 0.5) is 5.69 Å². The Morgan fingerprint density at radius 3 is 2.35 bits per heavy atom. The van der Waals surface area contributed by atoms with Crippen LogP contribution >= 0.6 is 23.2 Å². The Hall–Kier alpha value is -2.89. The van der Waals surface area contributed by atoms with E-state index < -0.39 is 0 Å². The Labute approximate surface area is 191 Å². The number of halogens is 2. The Bertz CT molecular complexity index is 1250. The standard InChI is InChI=1S/C24H22Cl2N4O/c1-3-4-5-16-6-9-18(10-7-16)30-28-22-12-15(2)21(14-23(22)29-30)27-24(31)17-8-11-19(25)20(26)13-17/h6-14H,3-5H2,1-2H3,(H,27,31). The number of aromatic nitrogens is 3. The number of aryl methyl sites for hydroxylation is 2. The lowest BCUT2D eigenvalue weighted by atomic mass is 10.1. The van der Waals surface area contributed by atoms with E-state index in [0.717, 1.165) is 23.2 Å². The van der Waals surface area contributed by atoms with Gasteiger partial charge in [-0.15, -0.1) is 10.2 Å². The first-order valence-electron chi connectivity index (χ1n) is 10.2. The Morgan fingerprint density at radius 1 is 0.968 bits per heavy atom. The Kier molecular flexibility index (Phi) is 6.25. The van der Waals surface area contributed by atoms with Crippen molar-refractivity contribution in [2.24, 2.45) is 0 Å². The van der Waals surface area contributed by atoms with Crippen LogP contribution in [0.2, 0.25) is 10.0 Å². The van der Waals surface area contributed by atoms with E-state index in [1.165, 1.54) is 18.4 Å². The molecule has 0 aliphatic rings. The van der Waals surface area contributed by atoms with E-state index in [1.807, 2.05) is 31.2 Å². The van der Waals surface area contributed by atoms with Crippen molar-refractivity contribution >= 4 is 45.8 Å². The average molecular weight is 453 g/mol. The molecule has 0 aliphatic heterocycles. The molecule has 0 radical (unpaired) electrons. The molecule has 1 heterocycles. The summed E-state index contributed by atoms with van der Waals surface area (Å²) in [4.78, 5) is 14.3. The van der Waals surface area contributed by atoms with E-state index in [-0.39, 0.29) is 5.91 Å². The van der Waals surface area contributed by atoms with Gasteiger partial charge in [0.2, 0.25) is 0 Å². The first kappa shape index (κ1) is 21.3. The molecule has 1 amide bonds. The summed E-state index contributed by atoms with van der Waals surface area (Å²) in [6.07, 6.45) is 3.43. The SMILES string of the molecule is CCCCc1ccc(-n2nc3cc(C)c(NC(=O)c4ccc(Cl)c(Cl)c4)cc3n2)cc1. The molecule has 4 rings (SSSR count). The molecule has 0 bridgehead atoms. The Morgan fingerprint density at radius 2 is 1.68 bits per heavy atom. The number of carbonyl (C=O) groups is 1. The monoisotopic (exact) mass is 452 g/mol. The summed E-state index contributed by atoms with van der Waals surface area (Å²) in [7, 11) is 0. The number of hydrogen-bond acceptors (Lipinski definition) is 3. The van der Waals surface area contributed by atoms with Gasteiger partial charge in [-0.05, 0) is 73.4 Å². The fourth-order valence-electron chi connectivity index (χ4n) is 3.33. The number of nitrogens with zero attached hydrogens (tertiary/aromatic N) is 3. The summed E-state index contributed by atoms with van der Waals surface area (Å²) < 4.78 is 0. The van der Waals surface area contributed by atoms with Gasteiger partial charge in [0.15, 0.2) is 0 Å². The second kappa shape index (κ2) is 9.08. The smallest absolute Gasteiger partial charge is 0.255 e. The number of fused-ring (bicyclic) bond motifs is 1. The number of carbonyl (C=O) groups excluding carboxylic acids is 1. The zero-order chi connectivity index (χ0) is 22.0. The van der Waals surface area contributed by atoms with Crippen molar-refractivity contribution in [2.75, 3.05) is 5.32 Å². The van der Waals surface area contributed by atoms with Crippen LogP contribution in [0, 0.1) is 6.92 Å². The largest absolute Gasteiger partial charge is 0.322 e. The molecule has 0 aliphatic carbocycles. The van der Waals surface area contributed by atoms with E-state index in [9.17, 15) is 4.79 Å². The van der Waals surface area contributed by atoms with Gasteiger partial charge in [-0.25, -0.2) is 0 Å². The van der Waals surface area contributed by atoms with Crippen LogP contribution < -0.4 is 5.32 Å². The van der Waals surface area contributed by atoms with Crippen LogP contribution in [0.25, 0.3) is 16.7 Å². The number of rotatable bonds is 6. The average Bonchev–Trinajstić information content (AvgIpc) is 3.17. The summed E-state index contributed by atoms with van der Waals surface area (Å²) in [5, 5.41) is 12.9. The van der Waals surface area contributed by atoms with Crippen molar-refractivity contribution in [2.45, 2.75) is 33.1 Å². The molecule has 7 heteroatoms. The molecular weight excluding hydrogens is 431 g/mol. The highest BCUT2D eigenvalue weighted by Crippen LogP contribution is 2.25. The topological polar surface area (TPSA) is 59.8 Å². The maximum absolute atomic E-state index is 12.6. The van der Waals surface area contributed by atoms with Crippen LogP contribution in [0.5, 0.6) is 0 Å². The molecule has 0 unspecified atom stereocenters. The third-order valence-electron chi connectivity index (χ3n) is 5.14. The molecular formula is C24H22Cl2N4O. The Balaban J connectivity index is 1.58. The van der Waals surface area contributed by atoms with Gasteiger partial charge < -0.3 is 5.32 Å². The highest BCUT2D eigenvalue weighted by molar-refractivity contribution is 6.42. The van der Waals surface area contributed by atoms with Gasteiger partial charge in [0, 0.05) is 11.3 Å². The van der Waals surface area contributed by atoms with Gasteiger partial charge in [0.1, 0.15) is 11.0 Å². The van der Waals surface area contributed by atoms with Gasteiger partial charge in [-0.2, -0.15) is 4.80 Å². The summed E-state index contributed by atoms with van der Waals surface area (Å²) in [6, 6.07) is 16.8. The second-order valence-electron chi connectivity index (χ2n) is 7.50. The van der Waals surface area contributed by atoms with Crippen molar-refractivity contribution in [3.8, 4) is 5.69 Å². The number of nitrogens with one attached hydrogen (secondary N) is 1. The molecule has 5 nitrogen and oxygen atoms in total. The van der Waals surface area contributed by atoms with Crippen molar-refractivity contribution in [1.29, 1.82) is 0 Å². The highest BCUT2D eigenvalue weighted by atomic mass is 35.5. The molecule has 0 saturated carbocycles. The van der Waals surface area contributed by atoms with Crippen LogP contribution in [0.1, 0.15) is 41.3 Å². The maximum Gasteiger partial charge on any atom is 0.255 e. The van der Waals surface area contributed by atoms with E-state index in [1.54, 1.807) is 23.0 Å². The summed E-state index contributed by atoms with van der Waals surface area (Å²) >= 11 is 12.0. The number of amides is 1. The van der Waals surface area contributed by atoms with Crippen LogP contribution in [0.3, 0.4) is 0 Å². The van der Waals surface area contributed by atoms with Crippen LogP contribution in [0.15, 0.2) is 54.6 Å². The minimum Gasteiger partial charge on any atom is -0.322 e. The predicted octanol–water partition coefficient (Wildman–Crippen LogP) is 6.63. The first-order valence-corrected chi connectivity index (χ1v) is 10.9. The number of anilines is 1. The van der Waals surface area contributed by atoms with E-state index >= 15 is 0 Å². The lowest BCUT2D eigenvalue weighted by Crippen LogP contribution is -2.12. The maximum atomic E-state index is 12.6. The zero-order valence-electron chi connectivity index (χ0n) is 17.3. The summed E-state index contributed by atoms with van der Waals surface area (Å²) in [5.41, 5.74) is 5.67. The van der Waals surface area contributed by atoms with Gasteiger partial charge in [0.25, 0.3) is 5.91 Å². The normalized spacial score (nSPS) is 11.1. The van der Waals surface area contributed by atoms with Crippen LogP contribution in [-0.2, 0) is 6.42 Å². The zero-order valence-corrected chi connectivity index (χ0v) is 18.8. The van der Waals surface area contributed by atoms with E-state index in [0.29, 0.717) is 26.8 Å². The number of hydrogen-bond donors (Lipinski definition) is 1. The number of benzene rings is 3. The van der Waals surface area contributed by atoms with E-state index in [2.05, 4.69) is 34.6 Å². The fraction of sp³-hybridized carbons (Fsp3) is 0.208. The van der Waals surface area contributed by atoms with Crippen molar-refractivity contribution in [1.82, 2.24) is 15.0 Å². The molecule has 1 N–H and O–H groups in total. The van der Waals surface area contributed by atoms with E-state index in [4.69, 9.17) is 23.2 Å². The van der Waals surface area contributed by atoms with Gasteiger partial charge in [0.05, 0.1) is 15.7 Å². The van der Waals surface area contributed by atoms with Crippen molar-refractivity contribution in [3.63, 3.8) is 0 Å². The third kappa shape index (κ3) is 4.73. The minimum atomic E-state index is -0.268. The molecule has 31 heavy (non-hydrogen) atoms. The molecule has 1 aromatic heterocycles. The summed E-state index contributed by atoms with van der Waals surface area (Å²) in [5.74, 6) is -0.268. The molecule has 4 aromatic rings. The molecule has 158 valence electrons. The van der Waals surface area contributed by atoms with Crippen LogP contribution in [-0.4, -0.2) is 20.9 Å². The summed E-state index contributed by atoms with van der Waals surface area (Å²) in [6.45, 7) is 4.11. The predicted molar refractivity (Wildman–Crippen MR) is 127 cm³/mol. The molecule has 0 saturated heterocycles. The lowest BCUT2D eigenvalue weighted by molar-refractivity contribution is 0.102. The second-order valence-corrected chi connectivity index (χ2v) is 8.31. The molecule has 0 fully saturated rings. The van der Waals surface area contributed by atoms with Gasteiger partial charge >= 0.3 is 0 Å². The highest BCUT2D eigenvalue weighted by Gasteiger charge is 2.13. The quantitative estimate of drug-likeness (QED) is 0.357. The molecule has 0 atom stereocenters. The van der Waals surface area contributed by atoms with Gasteiger partial charge in [-0.3, -0.25) is 4.79 Å². The van der Waals surface area contributed by atoms with Crippen molar-refractivity contribution in [3.05, 3.63) is 81.3 Å². The molecule has 3 aromatic carbocycles.